The van der Waals surface area contributed by atoms with Crippen molar-refractivity contribution in [3.8, 4) is 0 Å². The van der Waals surface area contributed by atoms with Gasteiger partial charge in [0.05, 0.1) is 5.56 Å². The van der Waals surface area contributed by atoms with Crippen LogP contribution in [0.5, 0.6) is 0 Å². The van der Waals surface area contributed by atoms with Gasteiger partial charge in [0.1, 0.15) is 0 Å². The van der Waals surface area contributed by atoms with Crippen LogP contribution in [0.3, 0.4) is 0 Å². The molecule has 0 heterocycles. The van der Waals surface area contributed by atoms with Gasteiger partial charge >= 0.3 is 5.97 Å². The molecule has 0 aliphatic rings. The molecule has 0 saturated heterocycles. The normalized spacial score (nSPS) is 11.6. The SMILES string of the molecule is CC(C)C(=O)Nc1ccc(C(=O)[C@H](C)OC(=O)c2ccc(C(N)=O)cc2)cc1. The van der Waals surface area contributed by atoms with E-state index in [1.807, 2.05) is 0 Å². The zero-order valence-electron chi connectivity index (χ0n) is 15.9. The third kappa shape index (κ3) is 5.26. The molecule has 2 rings (SSSR count). The molecule has 0 unspecified atom stereocenters. The van der Waals surface area contributed by atoms with E-state index in [0.29, 0.717) is 11.3 Å². The number of rotatable bonds is 7. The summed E-state index contributed by atoms with van der Waals surface area (Å²) >= 11 is 0. The second kappa shape index (κ2) is 8.94. The molecule has 0 aromatic heterocycles. The van der Waals surface area contributed by atoms with Crippen molar-refractivity contribution in [2.75, 3.05) is 5.32 Å². The number of amides is 2. The van der Waals surface area contributed by atoms with Crippen molar-refractivity contribution in [2.45, 2.75) is 26.9 Å². The number of esters is 1. The summed E-state index contributed by atoms with van der Waals surface area (Å²) in [6.07, 6.45) is -1.00. The zero-order valence-corrected chi connectivity index (χ0v) is 15.9. The Morgan fingerprint density at radius 3 is 1.82 bits per heavy atom. The maximum atomic E-state index is 12.5. The summed E-state index contributed by atoms with van der Waals surface area (Å²) in [7, 11) is 0. The molecule has 28 heavy (non-hydrogen) atoms. The van der Waals surface area contributed by atoms with Gasteiger partial charge < -0.3 is 15.8 Å². The van der Waals surface area contributed by atoms with Crippen LogP contribution in [0.2, 0.25) is 0 Å². The van der Waals surface area contributed by atoms with E-state index in [9.17, 15) is 19.2 Å². The molecular formula is C21H22N2O5. The third-order valence-electron chi connectivity index (χ3n) is 4.02. The van der Waals surface area contributed by atoms with Crippen LogP contribution in [0.4, 0.5) is 5.69 Å². The summed E-state index contributed by atoms with van der Waals surface area (Å²) in [5.74, 6) is -1.93. The van der Waals surface area contributed by atoms with Crippen LogP contribution in [-0.2, 0) is 9.53 Å². The smallest absolute Gasteiger partial charge is 0.338 e. The van der Waals surface area contributed by atoms with Crippen LogP contribution in [0.1, 0.15) is 51.8 Å². The molecule has 0 aliphatic heterocycles. The number of Topliss-reactive ketones (excluding diaryl/α,β-unsaturated/α-hetero) is 1. The molecule has 7 nitrogen and oxygen atoms in total. The standard InChI is InChI=1S/C21H22N2O5/c1-12(2)20(26)23-17-10-8-14(9-11-17)18(24)13(3)28-21(27)16-6-4-15(5-7-16)19(22)25/h4-13H,1-3H3,(H2,22,25)(H,23,26)/t13-/m0/s1. The van der Waals surface area contributed by atoms with E-state index in [-0.39, 0.29) is 28.7 Å². The summed E-state index contributed by atoms with van der Waals surface area (Å²) < 4.78 is 5.20. The molecule has 7 heteroatoms. The summed E-state index contributed by atoms with van der Waals surface area (Å²) in [5, 5.41) is 2.73. The Labute approximate surface area is 162 Å². The predicted octanol–water partition coefficient (Wildman–Crippen LogP) is 2.81. The first-order chi connectivity index (χ1) is 13.2. The van der Waals surface area contributed by atoms with E-state index < -0.39 is 18.0 Å². The van der Waals surface area contributed by atoms with Crippen LogP contribution >= 0.6 is 0 Å². The molecule has 2 aromatic carbocycles. The van der Waals surface area contributed by atoms with Gasteiger partial charge in [-0.1, -0.05) is 13.8 Å². The lowest BCUT2D eigenvalue weighted by atomic mass is 10.1. The van der Waals surface area contributed by atoms with Gasteiger partial charge in [-0.3, -0.25) is 14.4 Å². The van der Waals surface area contributed by atoms with Crippen molar-refractivity contribution in [3.05, 3.63) is 65.2 Å². The molecule has 2 aromatic rings. The van der Waals surface area contributed by atoms with E-state index in [4.69, 9.17) is 10.5 Å². The number of hydrogen-bond donors (Lipinski definition) is 2. The minimum Gasteiger partial charge on any atom is -0.451 e. The molecule has 0 fully saturated rings. The van der Waals surface area contributed by atoms with Gasteiger partial charge in [-0.15, -0.1) is 0 Å². The fraction of sp³-hybridized carbons (Fsp3) is 0.238. The minimum absolute atomic E-state index is 0.122. The fourth-order valence-corrected chi connectivity index (χ4v) is 2.29. The average molecular weight is 382 g/mol. The summed E-state index contributed by atoms with van der Waals surface area (Å²) in [6.45, 7) is 5.04. The average Bonchev–Trinajstić information content (AvgIpc) is 2.67. The molecule has 2 amide bonds. The fourth-order valence-electron chi connectivity index (χ4n) is 2.29. The number of ketones is 1. The highest BCUT2D eigenvalue weighted by atomic mass is 16.5. The predicted molar refractivity (Wildman–Crippen MR) is 104 cm³/mol. The Morgan fingerprint density at radius 2 is 1.32 bits per heavy atom. The number of carbonyl (C=O) groups excluding carboxylic acids is 4. The van der Waals surface area contributed by atoms with Crippen LogP contribution in [0.25, 0.3) is 0 Å². The molecule has 1 atom stereocenters. The van der Waals surface area contributed by atoms with Crippen molar-refractivity contribution in [2.24, 2.45) is 11.7 Å². The third-order valence-corrected chi connectivity index (χ3v) is 4.02. The monoisotopic (exact) mass is 382 g/mol. The number of nitrogens with one attached hydrogen (secondary N) is 1. The van der Waals surface area contributed by atoms with Crippen LogP contribution < -0.4 is 11.1 Å². The number of ether oxygens (including phenoxy) is 1. The van der Waals surface area contributed by atoms with Gasteiger partial charge in [0.15, 0.2) is 6.10 Å². The second-order valence-corrected chi connectivity index (χ2v) is 6.57. The molecule has 3 N–H and O–H groups in total. The Hall–Kier alpha value is -3.48. The second-order valence-electron chi connectivity index (χ2n) is 6.57. The number of primary amides is 1. The van der Waals surface area contributed by atoms with Gasteiger partial charge in [0.2, 0.25) is 17.6 Å². The maximum Gasteiger partial charge on any atom is 0.338 e. The summed E-state index contributed by atoms with van der Waals surface area (Å²) in [6, 6.07) is 12.0. The quantitative estimate of drug-likeness (QED) is 0.564. The van der Waals surface area contributed by atoms with E-state index in [1.165, 1.54) is 31.2 Å². The Morgan fingerprint density at radius 1 is 0.821 bits per heavy atom. The summed E-state index contributed by atoms with van der Waals surface area (Å²) in [4.78, 5) is 47.4. The van der Waals surface area contributed by atoms with Crippen molar-refractivity contribution in [1.82, 2.24) is 0 Å². The lowest BCUT2D eigenvalue weighted by molar-refractivity contribution is -0.118. The minimum atomic E-state index is -1.00. The Balaban J connectivity index is 2.00. The van der Waals surface area contributed by atoms with Crippen LogP contribution in [-0.4, -0.2) is 29.7 Å². The Bertz CT molecular complexity index is 886. The van der Waals surface area contributed by atoms with Gasteiger partial charge in [0.25, 0.3) is 0 Å². The largest absolute Gasteiger partial charge is 0.451 e. The number of nitrogens with two attached hydrogens (primary N) is 1. The van der Waals surface area contributed by atoms with Crippen molar-refractivity contribution < 1.29 is 23.9 Å². The van der Waals surface area contributed by atoms with Crippen molar-refractivity contribution >= 4 is 29.3 Å². The number of anilines is 1. The van der Waals surface area contributed by atoms with Crippen LogP contribution in [0, 0.1) is 5.92 Å². The van der Waals surface area contributed by atoms with Gasteiger partial charge in [-0.25, -0.2) is 4.79 Å². The van der Waals surface area contributed by atoms with Crippen molar-refractivity contribution in [1.29, 1.82) is 0 Å². The molecule has 0 bridgehead atoms. The number of benzene rings is 2. The molecule has 0 aliphatic carbocycles. The lowest BCUT2D eigenvalue weighted by Gasteiger charge is -2.13. The highest BCUT2D eigenvalue weighted by molar-refractivity contribution is 6.02. The first-order valence-corrected chi connectivity index (χ1v) is 8.75. The van der Waals surface area contributed by atoms with Crippen molar-refractivity contribution in [3.63, 3.8) is 0 Å². The first kappa shape index (κ1) is 20.8. The number of carbonyl (C=O) groups is 4. The lowest BCUT2D eigenvalue weighted by Crippen LogP contribution is -2.24. The van der Waals surface area contributed by atoms with E-state index in [2.05, 4.69) is 5.32 Å². The highest BCUT2D eigenvalue weighted by Crippen LogP contribution is 2.15. The number of hydrogen-bond acceptors (Lipinski definition) is 5. The topological polar surface area (TPSA) is 116 Å². The van der Waals surface area contributed by atoms with Gasteiger partial charge in [0, 0.05) is 22.7 Å². The van der Waals surface area contributed by atoms with Gasteiger partial charge in [-0.2, -0.15) is 0 Å². The molecule has 146 valence electrons. The zero-order chi connectivity index (χ0) is 20.8. The van der Waals surface area contributed by atoms with Crippen LogP contribution in [0.15, 0.2) is 48.5 Å². The van der Waals surface area contributed by atoms with Gasteiger partial charge in [-0.05, 0) is 55.5 Å². The van der Waals surface area contributed by atoms with E-state index in [0.717, 1.165) is 0 Å². The molecular weight excluding hydrogens is 360 g/mol. The molecule has 0 spiro atoms. The summed E-state index contributed by atoms with van der Waals surface area (Å²) in [5.41, 5.74) is 6.56. The maximum absolute atomic E-state index is 12.5. The Kier molecular flexibility index (Phi) is 6.65. The van der Waals surface area contributed by atoms with E-state index >= 15 is 0 Å². The highest BCUT2D eigenvalue weighted by Gasteiger charge is 2.20. The van der Waals surface area contributed by atoms with E-state index in [1.54, 1.807) is 38.1 Å². The molecule has 0 radical (unpaired) electrons. The molecule has 0 saturated carbocycles. The first-order valence-electron chi connectivity index (χ1n) is 8.75.